The molecule has 0 fully saturated rings. The highest BCUT2D eigenvalue weighted by Crippen LogP contribution is 2.28. The number of rotatable bonds is 5. The van der Waals surface area contributed by atoms with Crippen molar-refractivity contribution in [1.82, 2.24) is 0 Å². The highest BCUT2D eigenvalue weighted by molar-refractivity contribution is 6.37. The van der Waals surface area contributed by atoms with E-state index in [1.54, 1.807) is 66.7 Å². The van der Waals surface area contributed by atoms with Crippen LogP contribution in [0.25, 0.3) is 6.08 Å². The van der Waals surface area contributed by atoms with Crippen LogP contribution in [-0.4, -0.2) is 11.9 Å². The number of hydrogen-bond acceptors (Lipinski definition) is 4. The molecule has 4 rings (SSSR count). The highest BCUT2D eigenvalue weighted by Gasteiger charge is 2.26. The summed E-state index contributed by atoms with van der Waals surface area (Å²) in [6.07, 6.45) is 1.55. The van der Waals surface area contributed by atoms with Gasteiger partial charge in [0, 0.05) is 16.1 Å². The molecule has 1 heterocycles. The van der Waals surface area contributed by atoms with Gasteiger partial charge in [-0.2, -0.15) is 0 Å². The van der Waals surface area contributed by atoms with E-state index < -0.39 is 5.97 Å². The number of benzene rings is 3. The van der Waals surface area contributed by atoms with Gasteiger partial charge < -0.3 is 9.47 Å². The van der Waals surface area contributed by atoms with Crippen molar-refractivity contribution in [2.75, 3.05) is 0 Å². The number of halogens is 3. The molecule has 0 aromatic heterocycles. The van der Waals surface area contributed by atoms with E-state index in [4.69, 9.17) is 32.7 Å². The van der Waals surface area contributed by atoms with Crippen LogP contribution in [0.2, 0.25) is 10.0 Å². The maximum absolute atomic E-state index is 13.8. The first kappa shape index (κ1) is 20.1. The number of cyclic esters (lactones) is 1. The Morgan fingerprint density at radius 3 is 2.60 bits per heavy atom. The lowest BCUT2D eigenvalue weighted by molar-refractivity contribution is -0.129. The molecular weight excluding hydrogens is 428 g/mol. The molecule has 0 atom stereocenters. The second kappa shape index (κ2) is 8.69. The average Bonchev–Trinajstić information content (AvgIpc) is 3.08. The quantitative estimate of drug-likeness (QED) is 0.357. The molecule has 0 radical (unpaired) electrons. The van der Waals surface area contributed by atoms with Crippen molar-refractivity contribution >= 4 is 41.1 Å². The third-order valence-electron chi connectivity index (χ3n) is 4.33. The predicted octanol–water partition coefficient (Wildman–Crippen LogP) is 6.06. The molecule has 7 heteroatoms. The van der Waals surface area contributed by atoms with Gasteiger partial charge >= 0.3 is 5.97 Å². The van der Waals surface area contributed by atoms with Crippen molar-refractivity contribution in [3.05, 3.63) is 105 Å². The van der Waals surface area contributed by atoms with E-state index in [0.29, 0.717) is 32.5 Å². The van der Waals surface area contributed by atoms with Crippen molar-refractivity contribution < 1.29 is 18.7 Å². The van der Waals surface area contributed by atoms with Crippen LogP contribution in [0, 0.1) is 5.82 Å². The molecule has 1 aliphatic rings. The standard InChI is InChI=1S/C23H14Cl2FNO3/c24-16-9-10-17(18(25)12-16)22-27-20(23(28)30-22)11-14-5-2-4-8-21(14)29-13-15-6-1-3-7-19(15)26/h1-12H,13H2/b20-11-. The maximum Gasteiger partial charge on any atom is 0.363 e. The molecule has 3 aromatic rings. The Hall–Kier alpha value is -3.15. The number of hydrogen-bond donors (Lipinski definition) is 0. The lowest BCUT2D eigenvalue weighted by Gasteiger charge is -2.10. The van der Waals surface area contributed by atoms with E-state index in [2.05, 4.69) is 4.99 Å². The fraction of sp³-hybridized carbons (Fsp3) is 0.0435. The topological polar surface area (TPSA) is 47.9 Å². The fourth-order valence-electron chi connectivity index (χ4n) is 2.84. The molecule has 0 aliphatic carbocycles. The summed E-state index contributed by atoms with van der Waals surface area (Å²) >= 11 is 12.1. The number of ether oxygens (including phenoxy) is 2. The molecule has 0 bridgehead atoms. The van der Waals surface area contributed by atoms with E-state index in [9.17, 15) is 9.18 Å². The number of para-hydroxylation sites is 1. The Balaban J connectivity index is 1.61. The summed E-state index contributed by atoms with van der Waals surface area (Å²) in [4.78, 5) is 16.6. The van der Waals surface area contributed by atoms with Gasteiger partial charge in [0.2, 0.25) is 5.90 Å². The lowest BCUT2D eigenvalue weighted by atomic mass is 10.1. The van der Waals surface area contributed by atoms with Gasteiger partial charge in [0.25, 0.3) is 0 Å². The summed E-state index contributed by atoms with van der Waals surface area (Å²) in [5, 5.41) is 0.786. The minimum atomic E-state index is -0.611. The molecule has 0 unspecified atom stereocenters. The zero-order chi connectivity index (χ0) is 21.1. The highest BCUT2D eigenvalue weighted by atomic mass is 35.5. The molecule has 0 saturated carbocycles. The third kappa shape index (κ3) is 4.37. The number of carbonyl (C=O) groups is 1. The monoisotopic (exact) mass is 441 g/mol. The van der Waals surface area contributed by atoms with Crippen molar-refractivity contribution in [2.45, 2.75) is 6.61 Å². The zero-order valence-corrected chi connectivity index (χ0v) is 17.0. The Labute approximate surface area is 182 Å². The molecule has 1 aliphatic heterocycles. The fourth-order valence-corrected chi connectivity index (χ4v) is 3.33. The SMILES string of the molecule is O=C1OC(c2ccc(Cl)cc2Cl)=N/C1=C\c1ccccc1OCc1ccccc1F. The van der Waals surface area contributed by atoms with Gasteiger partial charge in [-0.15, -0.1) is 0 Å². The molecule has 0 spiro atoms. The average molecular weight is 442 g/mol. The summed E-state index contributed by atoms with van der Waals surface area (Å²) in [6.45, 7) is 0.0478. The van der Waals surface area contributed by atoms with E-state index in [1.807, 2.05) is 0 Å². The number of aliphatic imine (C=N–C) groups is 1. The van der Waals surface area contributed by atoms with Crippen LogP contribution < -0.4 is 4.74 Å². The zero-order valence-electron chi connectivity index (χ0n) is 15.4. The van der Waals surface area contributed by atoms with Gasteiger partial charge in [0.15, 0.2) is 5.70 Å². The van der Waals surface area contributed by atoms with Crippen molar-refractivity contribution in [1.29, 1.82) is 0 Å². The predicted molar refractivity (Wildman–Crippen MR) is 114 cm³/mol. The molecular formula is C23H14Cl2FNO3. The summed E-state index contributed by atoms with van der Waals surface area (Å²) in [7, 11) is 0. The van der Waals surface area contributed by atoms with Crippen molar-refractivity contribution in [2.24, 2.45) is 4.99 Å². The van der Waals surface area contributed by atoms with Crippen LogP contribution in [0.5, 0.6) is 5.75 Å². The number of esters is 1. The van der Waals surface area contributed by atoms with Crippen molar-refractivity contribution in [3.8, 4) is 5.75 Å². The normalized spacial score (nSPS) is 14.6. The second-order valence-corrected chi connectivity index (χ2v) is 7.22. The van der Waals surface area contributed by atoms with Gasteiger partial charge in [-0.3, -0.25) is 0 Å². The largest absolute Gasteiger partial charge is 0.488 e. The van der Waals surface area contributed by atoms with Gasteiger partial charge in [-0.1, -0.05) is 59.6 Å². The molecule has 0 N–H and O–H groups in total. The minimum absolute atomic E-state index is 0.0478. The Morgan fingerprint density at radius 1 is 1.03 bits per heavy atom. The van der Waals surface area contributed by atoms with E-state index >= 15 is 0 Å². The van der Waals surface area contributed by atoms with Crippen LogP contribution >= 0.6 is 23.2 Å². The second-order valence-electron chi connectivity index (χ2n) is 6.38. The summed E-state index contributed by atoms with van der Waals surface area (Å²) < 4.78 is 24.9. The van der Waals surface area contributed by atoms with Crippen LogP contribution in [0.1, 0.15) is 16.7 Å². The van der Waals surface area contributed by atoms with Gasteiger partial charge in [-0.25, -0.2) is 14.2 Å². The molecule has 30 heavy (non-hydrogen) atoms. The van der Waals surface area contributed by atoms with Crippen LogP contribution in [0.4, 0.5) is 4.39 Å². The van der Waals surface area contributed by atoms with Crippen LogP contribution in [0.3, 0.4) is 0 Å². The van der Waals surface area contributed by atoms with Gasteiger partial charge in [-0.05, 0) is 36.4 Å². The first-order valence-corrected chi connectivity index (χ1v) is 9.70. The molecule has 0 saturated heterocycles. The van der Waals surface area contributed by atoms with E-state index in [-0.39, 0.29) is 24.0 Å². The van der Waals surface area contributed by atoms with E-state index in [0.717, 1.165) is 0 Å². The summed E-state index contributed by atoms with van der Waals surface area (Å²) in [5.41, 5.74) is 1.59. The van der Waals surface area contributed by atoms with Crippen LogP contribution in [-0.2, 0) is 16.1 Å². The molecule has 0 amide bonds. The summed E-state index contributed by atoms with van der Waals surface area (Å²) in [6, 6.07) is 18.3. The third-order valence-corrected chi connectivity index (χ3v) is 4.88. The van der Waals surface area contributed by atoms with Crippen LogP contribution in [0.15, 0.2) is 77.4 Å². The Morgan fingerprint density at radius 2 is 1.80 bits per heavy atom. The number of nitrogens with zero attached hydrogens (tertiary/aromatic N) is 1. The molecule has 3 aromatic carbocycles. The van der Waals surface area contributed by atoms with Gasteiger partial charge in [0.1, 0.15) is 18.2 Å². The Bertz CT molecular complexity index is 1190. The van der Waals surface area contributed by atoms with E-state index in [1.165, 1.54) is 6.07 Å². The first-order chi connectivity index (χ1) is 14.5. The maximum atomic E-state index is 13.8. The van der Waals surface area contributed by atoms with Gasteiger partial charge in [0.05, 0.1) is 10.6 Å². The molecule has 4 nitrogen and oxygen atoms in total. The Kier molecular flexibility index (Phi) is 5.84. The molecule has 150 valence electrons. The smallest absolute Gasteiger partial charge is 0.363 e. The van der Waals surface area contributed by atoms with Crippen molar-refractivity contribution in [3.63, 3.8) is 0 Å². The summed E-state index contributed by atoms with van der Waals surface area (Å²) in [5.74, 6) is -0.381. The first-order valence-electron chi connectivity index (χ1n) is 8.94. The number of carbonyl (C=O) groups excluding carboxylic acids is 1. The minimum Gasteiger partial charge on any atom is -0.488 e. The lowest BCUT2D eigenvalue weighted by Crippen LogP contribution is -2.06.